The van der Waals surface area contributed by atoms with Gasteiger partial charge in [-0.3, -0.25) is 0 Å². The molecule has 2 rings (SSSR count). The predicted molar refractivity (Wildman–Crippen MR) is 77.4 cm³/mol. The van der Waals surface area contributed by atoms with Gasteiger partial charge in [-0.05, 0) is 24.5 Å². The van der Waals surface area contributed by atoms with Crippen LogP contribution in [0.15, 0.2) is 18.2 Å². The highest BCUT2D eigenvalue weighted by atomic mass is 19.1. The van der Waals surface area contributed by atoms with Crippen molar-refractivity contribution < 1.29 is 4.39 Å². The third kappa shape index (κ3) is 3.06. The molecule has 0 bridgehead atoms. The number of hydrogen-bond acceptors (Lipinski definition) is 2. The van der Waals surface area contributed by atoms with Crippen LogP contribution in [0.2, 0.25) is 0 Å². The van der Waals surface area contributed by atoms with E-state index in [-0.39, 0.29) is 5.82 Å². The fraction of sp³-hybridized carbons (Fsp3) is 0.533. The number of fused-ring (bicyclic) bond motifs is 1. The van der Waals surface area contributed by atoms with E-state index in [0.717, 1.165) is 18.5 Å². The van der Waals surface area contributed by atoms with Gasteiger partial charge >= 0.3 is 0 Å². The Morgan fingerprint density at radius 1 is 1.37 bits per heavy atom. The van der Waals surface area contributed by atoms with Crippen molar-refractivity contribution in [2.45, 2.75) is 46.1 Å². The zero-order chi connectivity index (χ0) is 13.8. The van der Waals surface area contributed by atoms with Gasteiger partial charge in [0.15, 0.2) is 0 Å². The molecule has 0 aliphatic heterocycles. The summed E-state index contributed by atoms with van der Waals surface area (Å²) >= 11 is 0. The summed E-state index contributed by atoms with van der Waals surface area (Å²) in [6.45, 7) is 5.27. The molecule has 4 heteroatoms. The standard InChI is InChI=1S/C15H22FN3/c1-3-5-6-11(4-2)10-19-14-8-7-12(16)9-13(14)18-15(19)17/h7-9,11H,3-6,10H2,1-2H3,(H2,17,18). The van der Waals surface area contributed by atoms with Crippen molar-refractivity contribution in [2.75, 3.05) is 5.73 Å². The molecule has 1 atom stereocenters. The maximum Gasteiger partial charge on any atom is 0.201 e. The second-order valence-electron chi connectivity index (χ2n) is 5.13. The lowest BCUT2D eigenvalue weighted by Crippen LogP contribution is -2.12. The summed E-state index contributed by atoms with van der Waals surface area (Å²) in [5.41, 5.74) is 7.53. The van der Waals surface area contributed by atoms with Gasteiger partial charge < -0.3 is 10.3 Å². The number of rotatable bonds is 6. The Morgan fingerprint density at radius 2 is 2.16 bits per heavy atom. The van der Waals surface area contributed by atoms with Crippen LogP contribution in [-0.2, 0) is 6.54 Å². The van der Waals surface area contributed by atoms with E-state index in [1.807, 2.05) is 4.57 Å². The van der Waals surface area contributed by atoms with Crippen molar-refractivity contribution in [1.82, 2.24) is 9.55 Å². The third-order valence-corrected chi connectivity index (χ3v) is 3.72. The van der Waals surface area contributed by atoms with Crippen molar-refractivity contribution >= 4 is 17.0 Å². The maximum atomic E-state index is 13.2. The molecule has 1 aromatic heterocycles. The molecule has 0 amide bonds. The molecule has 0 aliphatic carbocycles. The highest BCUT2D eigenvalue weighted by Crippen LogP contribution is 2.23. The largest absolute Gasteiger partial charge is 0.369 e. The van der Waals surface area contributed by atoms with Crippen LogP contribution in [-0.4, -0.2) is 9.55 Å². The normalized spacial score (nSPS) is 13.0. The van der Waals surface area contributed by atoms with Gasteiger partial charge in [0, 0.05) is 12.6 Å². The van der Waals surface area contributed by atoms with Gasteiger partial charge in [0.1, 0.15) is 5.82 Å². The molecule has 104 valence electrons. The van der Waals surface area contributed by atoms with E-state index in [2.05, 4.69) is 18.8 Å². The van der Waals surface area contributed by atoms with E-state index >= 15 is 0 Å². The van der Waals surface area contributed by atoms with Crippen molar-refractivity contribution in [1.29, 1.82) is 0 Å². The first kappa shape index (κ1) is 13.8. The molecule has 0 radical (unpaired) electrons. The molecule has 0 aliphatic rings. The van der Waals surface area contributed by atoms with Crippen LogP contribution < -0.4 is 5.73 Å². The monoisotopic (exact) mass is 263 g/mol. The molecule has 2 N–H and O–H groups in total. The van der Waals surface area contributed by atoms with Crippen molar-refractivity contribution in [3.05, 3.63) is 24.0 Å². The van der Waals surface area contributed by atoms with E-state index in [1.165, 1.54) is 31.4 Å². The Morgan fingerprint density at radius 3 is 2.84 bits per heavy atom. The second-order valence-corrected chi connectivity index (χ2v) is 5.13. The van der Waals surface area contributed by atoms with E-state index in [1.54, 1.807) is 6.07 Å². The highest BCUT2D eigenvalue weighted by molar-refractivity contribution is 5.78. The van der Waals surface area contributed by atoms with Gasteiger partial charge in [0.05, 0.1) is 11.0 Å². The minimum absolute atomic E-state index is 0.268. The number of halogens is 1. The Balaban J connectivity index is 2.26. The summed E-state index contributed by atoms with van der Waals surface area (Å²) < 4.78 is 15.2. The van der Waals surface area contributed by atoms with Gasteiger partial charge in [-0.15, -0.1) is 0 Å². The molecule has 2 aromatic rings. The molecule has 0 spiro atoms. The molecule has 0 fully saturated rings. The number of imidazole rings is 1. The molecule has 1 heterocycles. The van der Waals surface area contributed by atoms with Crippen LogP contribution in [0, 0.1) is 11.7 Å². The number of unbranched alkanes of at least 4 members (excludes halogenated alkanes) is 1. The van der Waals surface area contributed by atoms with Gasteiger partial charge in [-0.25, -0.2) is 9.37 Å². The number of benzene rings is 1. The molecular formula is C15H22FN3. The molecule has 3 nitrogen and oxygen atoms in total. The van der Waals surface area contributed by atoms with Crippen LogP contribution in [0.3, 0.4) is 0 Å². The van der Waals surface area contributed by atoms with Crippen LogP contribution in [0.1, 0.15) is 39.5 Å². The quantitative estimate of drug-likeness (QED) is 0.856. The molecule has 0 saturated heterocycles. The lowest BCUT2D eigenvalue weighted by atomic mass is 9.99. The summed E-state index contributed by atoms with van der Waals surface area (Å²) in [6.07, 6.45) is 4.77. The zero-order valence-corrected chi connectivity index (χ0v) is 11.7. The van der Waals surface area contributed by atoms with Gasteiger partial charge in [0.2, 0.25) is 5.95 Å². The minimum Gasteiger partial charge on any atom is -0.369 e. The average Bonchev–Trinajstić information content (AvgIpc) is 2.69. The van der Waals surface area contributed by atoms with Crippen LogP contribution in [0.4, 0.5) is 10.3 Å². The fourth-order valence-corrected chi connectivity index (χ4v) is 2.49. The second kappa shape index (κ2) is 6.04. The SMILES string of the molecule is CCCCC(CC)Cn1c(N)nc2cc(F)ccc21. The van der Waals surface area contributed by atoms with Gasteiger partial charge in [-0.1, -0.05) is 33.1 Å². The number of nitrogens with two attached hydrogens (primary N) is 1. The Kier molecular flexibility index (Phi) is 4.40. The van der Waals surface area contributed by atoms with Crippen LogP contribution in [0.5, 0.6) is 0 Å². The third-order valence-electron chi connectivity index (χ3n) is 3.72. The topological polar surface area (TPSA) is 43.8 Å². The molecule has 0 saturated carbocycles. The van der Waals surface area contributed by atoms with E-state index < -0.39 is 0 Å². The van der Waals surface area contributed by atoms with Crippen molar-refractivity contribution in [2.24, 2.45) is 5.92 Å². The summed E-state index contributed by atoms with van der Waals surface area (Å²) in [4.78, 5) is 4.24. The Labute approximate surface area is 113 Å². The van der Waals surface area contributed by atoms with E-state index in [4.69, 9.17) is 5.73 Å². The average molecular weight is 263 g/mol. The first-order chi connectivity index (χ1) is 9.15. The van der Waals surface area contributed by atoms with E-state index in [9.17, 15) is 4.39 Å². The summed E-state index contributed by atoms with van der Waals surface area (Å²) in [7, 11) is 0. The minimum atomic E-state index is -0.268. The summed E-state index contributed by atoms with van der Waals surface area (Å²) in [6, 6.07) is 4.67. The Hall–Kier alpha value is -1.58. The van der Waals surface area contributed by atoms with Crippen LogP contribution in [0.25, 0.3) is 11.0 Å². The molecule has 1 unspecified atom stereocenters. The lowest BCUT2D eigenvalue weighted by molar-refractivity contribution is 0.397. The molecule has 1 aromatic carbocycles. The fourth-order valence-electron chi connectivity index (χ4n) is 2.49. The highest BCUT2D eigenvalue weighted by Gasteiger charge is 2.13. The van der Waals surface area contributed by atoms with E-state index in [0.29, 0.717) is 17.4 Å². The predicted octanol–water partition coefficient (Wildman–Crippen LogP) is 3.97. The van der Waals surface area contributed by atoms with Crippen molar-refractivity contribution in [3.63, 3.8) is 0 Å². The van der Waals surface area contributed by atoms with Gasteiger partial charge in [-0.2, -0.15) is 0 Å². The number of nitrogens with zero attached hydrogens (tertiary/aromatic N) is 2. The number of aromatic nitrogens is 2. The number of anilines is 1. The first-order valence-electron chi connectivity index (χ1n) is 7.07. The Bertz CT molecular complexity index is 548. The smallest absolute Gasteiger partial charge is 0.201 e. The first-order valence-corrected chi connectivity index (χ1v) is 7.07. The lowest BCUT2D eigenvalue weighted by Gasteiger charge is -2.16. The van der Waals surface area contributed by atoms with Gasteiger partial charge in [0.25, 0.3) is 0 Å². The number of hydrogen-bond donors (Lipinski definition) is 1. The summed E-state index contributed by atoms with van der Waals surface area (Å²) in [5.74, 6) is 0.815. The zero-order valence-electron chi connectivity index (χ0n) is 11.7. The molecular weight excluding hydrogens is 241 g/mol. The maximum absolute atomic E-state index is 13.2. The summed E-state index contributed by atoms with van der Waals surface area (Å²) in [5, 5.41) is 0. The number of nitrogen functional groups attached to an aromatic ring is 1. The van der Waals surface area contributed by atoms with Crippen LogP contribution >= 0.6 is 0 Å². The molecule has 19 heavy (non-hydrogen) atoms. The van der Waals surface area contributed by atoms with Crippen molar-refractivity contribution in [3.8, 4) is 0 Å².